The Hall–Kier alpha value is -0.110. The van der Waals surface area contributed by atoms with E-state index in [9.17, 15) is 8.68 Å². The van der Waals surface area contributed by atoms with E-state index < -0.39 is 24.2 Å². The Kier molecular flexibility index (Phi) is 4.78. The van der Waals surface area contributed by atoms with Gasteiger partial charge >= 0.3 is 8.53 Å². The number of halogens is 2. The number of nitrogens with zero attached hydrogens (tertiary/aromatic N) is 3. The third-order valence-corrected chi connectivity index (χ3v) is 9.10. The summed E-state index contributed by atoms with van der Waals surface area (Å²) in [5.74, 6) is 2.97. The monoisotopic (exact) mass is 285 g/mol. The summed E-state index contributed by atoms with van der Waals surface area (Å²) in [5.41, 5.74) is 0. The molecule has 0 saturated carbocycles. The minimum Gasteiger partial charge on any atom is -0.327 e. The van der Waals surface area contributed by atoms with Crippen molar-refractivity contribution in [2.24, 2.45) is 4.52 Å². The van der Waals surface area contributed by atoms with Crippen LogP contribution in [0.25, 0.3) is 0 Å². The molecule has 0 radical (unpaired) electrons. The van der Waals surface area contributed by atoms with E-state index in [-0.39, 0.29) is 4.66 Å². The van der Waals surface area contributed by atoms with Crippen molar-refractivity contribution in [3.8, 4) is 0 Å². The Morgan fingerprint density at radius 3 is 2.31 bits per heavy atom. The highest BCUT2D eigenvalue weighted by atomic mass is 31.3. The molecule has 1 aliphatic rings. The molecule has 0 bridgehead atoms. The standard InChI is InChI=1S/C7H12F2N3OP3/c1-5-11-14(9)12(8)15(13-4)10-16(11,6-2)7-3/h5-7H,1-3H2,4H3. The molecule has 16 heavy (non-hydrogen) atoms. The summed E-state index contributed by atoms with van der Waals surface area (Å²) in [5, 5.41) is 0. The fourth-order valence-corrected chi connectivity index (χ4v) is 8.10. The van der Waals surface area contributed by atoms with Crippen molar-refractivity contribution in [1.82, 2.24) is 9.10 Å². The highest BCUT2D eigenvalue weighted by Crippen LogP contribution is 2.79. The summed E-state index contributed by atoms with van der Waals surface area (Å²) < 4.78 is 37.4. The van der Waals surface area contributed by atoms with Gasteiger partial charge in [0.1, 0.15) is 7.21 Å². The maximum atomic E-state index is 13.8. The van der Waals surface area contributed by atoms with Gasteiger partial charge in [-0.25, -0.2) is 4.52 Å². The lowest BCUT2D eigenvalue weighted by atomic mass is 11.1. The van der Waals surface area contributed by atoms with Crippen LogP contribution in [0.3, 0.4) is 0 Å². The minimum atomic E-state index is -2.66. The molecule has 9 heteroatoms. The topological polar surface area (TPSA) is 28.1 Å². The first-order chi connectivity index (χ1) is 7.56. The number of rotatable bonds is 4. The van der Waals surface area contributed by atoms with Gasteiger partial charge in [-0.15, -0.1) is 4.48 Å². The summed E-state index contributed by atoms with van der Waals surface area (Å²) in [4.78, 5) is 0. The smallest absolute Gasteiger partial charge is 0.305 e. The van der Waals surface area contributed by atoms with Crippen LogP contribution >= 0.6 is 24.2 Å². The molecule has 0 aliphatic carbocycles. The zero-order chi connectivity index (χ0) is 12.3. The maximum Gasteiger partial charge on any atom is 0.305 e. The molecule has 2 atom stereocenters. The lowest BCUT2D eigenvalue weighted by molar-refractivity contribution is 0.231. The van der Waals surface area contributed by atoms with Crippen LogP contribution in [-0.2, 0) is 4.52 Å². The van der Waals surface area contributed by atoms with Crippen LogP contribution < -0.4 is 0 Å². The largest absolute Gasteiger partial charge is 0.327 e. The summed E-state index contributed by atoms with van der Waals surface area (Å²) in [7, 11) is -5.80. The lowest BCUT2D eigenvalue weighted by Crippen LogP contribution is -2.15. The van der Waals surface area contributed by atoms with Gasteiger partial charge in [0.15, 0.2) is 0 Å². The molecular weight excluding hydrogens is 273 g/mol. The quantitative estimate of drug-likeness (QED) is 0.531. The molecule has 90 valence electrons. The summed E-state index contributed by atoms with van der Waals surface area (Å²) in [6.07, 6.45) is 1.22. The Balaban J connectivity index is 3.35. The molecule has 0 aromatic carbocycles. The highest BCUT2D eigenvalue weighted by Gasteiger charge is 2.43. The second kappa shape index (κ2) is 5.48. The van der Waals surface area contributed by atoms with Crippen LogP contribution in [0.5, 0.6) is 0 Å². The van der Waals surface area contributed by atoms with Crippen LogP contribution in [0.1, 0.15) is 0 Å². The van der Waals surface area contributed by atoms with E-state index >= 15 is 0 Å². The van der Waals surface area contributed by atoms with E-state index in [1.54, 1.807) is 0 Å². The number of hydrogen-bond donors (Lipinski definition) is 0. The van der Waals surface area contributed by atoms with Gasteiger partial charge in [-0.05, 0) is 16.3 Å². The van der Waals surface area contributed by atoms with E-state index in [4.69, 9.17) is 4.52 Å². The fraction of sp³-hybridized carbons (Fsp3) is 0.143. The van der Waals surface area contributed by atoms with Crippen molar-refractivity contribution in [2.45, 2.75) is 0 Å². The van der Waals surface area contributed by atoms with Crippen molar-refractivity contribution in [3.63, 3.8) is 0 Å². The Bertz CT molecular complexity index is 353. The van der Waals surface area contributed by atoms with Gasteiger partial charge in [0.25, 0.3) is 8.45 Å². The van der Waals surface area contributed by atoms with Crippen LogP contribution in [0, 0.1) is 0 Å². The van der Waals surface area contributed by atoms with E-state index in [0.29, 0.717) is 0 Å². The average Bonchev–Trinajstić information content (AvgIpc) is 2.32. The first-order valence-electron chi connectivity index (χ1n) is 4.13. The van der Waals surface area contributed by atoms with Crippen molar-refractivity contribution in [1.29, 1.82) is 0 Å². The molecule has 0 N–H and O–H groups in total. The van der Waals surface area contributed by atoms with Crippen molar-refractivity contribution in [3.05, 3.63) is 37.6 Å². The summed E-state index contributed by atoms with van der Waals surface area (Å²) in [6, 6.07) is 0. The Morgan fingerprint density at radius 2 is 1.94 bits per heavy atom. The molecule has 0 spiro atoms. The van der Waals surface area contributed by atoms with Crippen molar-refractivity contribution in [2.75, 3.05) is 7.11 Å². The third kappa shape index (κ3) is 2.13. The molecule has 0 amide bonds. The van der Waals surface area contributed by atoms with Crippen LogP contribution in [0.15, 0.2) is 42.1 Å². The predicted octanol–water partition coefficient (Wildman–Crippen LogP) is 5.10. The minimum absolute atomic E-state index is 0.00238. The van der Waals surface area contributed by atoms with E-state index in [1.807, 2.05) is 0 Å². The second-order valence-electron chi connectivity index (χ2n) is 2.57. The van der Waals surface area contributed by atoms with Gasteiger partial charge in [-0.3, -0.25) is 4.44 Å². The summed E-state index contributed by atoms with van der Waals surface area (Å²) >= 11 is 0. The van der Waals surface area contributed by atoms with Crippen LogP contribution in [-0.4, -0.2) is 16.2 Å². The Morgan fingerprint density at radius 1 is 1.38 bits per heavy atom. The molecule has 0 aromatic heterocycles. The molecule has 0 aromatic rings. The predicted molar refractivity (Wildman–Crippen MR) is 66.7 cm³/mol. The molecule has 2 unspecified atom stereocenters. The molecule has 0 fully saturated rings. The van der Waals surface area contributed by atoms with E-state index in [2.05, 4.69) is 24.3 Å². The molecule has 1 aliphatic heterocycles. The average molecular weight is 285 g/mol. The zero-order valence-electron chi connectivity index (χ0n) is 8.70. The van der Waals surface area contributed by atoms with Crippen LogP contribution in [0.2, 0.25) is 0 Å². The van der Waals surface area contributed by atoms with E-state index in [1.165, 1.54) is 24.9 Å². The van der Waals surface area contributed by atoms with Crippen LogP contribution in [0.4, 0.5) is 8.68 Å². The normalized spacial score (nSPS) is 29.3. The van der Waals surface area contributed by atoms with Crippen molar-refractivity contribution < 1.29 is 13.2 Å². The highest BCUT2D eigenvalue weighted by molar-refractivity contribution is 7.85. The Labute approximate surface area is 96.2 Å². The molecule has 1 heterocycles. The SMILES string of the molecule is C=CN1P(F)N(F)P(OC)N=P1(C=C)C=C. The van der Waals surface area contributed by atoms with Gasteiger partial charge < -0.3 is 4.52 Å². The first kappa shape index (κ1) is 14.0. The number of hydrogen-bond acceptors (Lipinski definition) is 4. The zero-order valence-corrected chi connectivity index (χ0v) is 11.4. The van der Waals surface area contributed by atoms with Gasteiger partial charge in [0.2, 0.25) is 0 Å². The molecular formula is C7H12F2N3OP3. The molecule has 1 rings (SSSR count). The fourth-order valence-electron chi connectivity index (χ4n) is 1.07. The van der Waals surface area contributed by atoms with Gasteiger partial charge in [0, 0.05) is 13.3 Å². The third-order valence-electron chi connectivity index (χ3n) is 1.86. The molecule has 4 nitrogen and oxygen atoms in total. The lowest BCUT2D eigenvalue weighted by Gasteiger charge is -2.39. The second-order valence-corrected chi connectivity index (χ2v) is 8.97. The van der Waals surface area contributed by atoms with Crippen molar-refractivity contribution >= 4 is 24.2 Å². The van der Waals surface area contributed by atoms with Gasteiger partial charge in [-0.1, -0.05) is 19.7 Å². The van der Waals surface area contributed by atoms with E-state index in [0.717, 1.165) is 4.44 Å². The first-order valence-corrected chi connectivity index (χ1v) is 8.26. The summed E-state index contributed by atoms with van der Waals surface area (Å²) in [6.45, 7) is 10.7. The van der Waals surface area contributed by atoms with Gasteiger partial charge in [-0.2, -0.15) is 4.20 Å². The van der Waals surface area contributed by atoms with Gasteiger partial charge in [0.05, 0.1) is 0 Å². The maximum absolute atomic E-state index is 13.8. The molecule has 0 saturated heterocycles.